The Morgan fingerprint density at radius 2 is 2.15 bits per heavy atom. The maximum absolute atomic E-state index is 12.3. The third kappa shape index (κ3) is 7.12. The molecular formula is C18H28ClF2N3O3. The smallest absolute Gasteiger partial charge is 0.387 e. The first-order valence-corrected chi connectivity index (χ1v) is 8.66. The number of hydrogen-bond donors (Lipinski definition) is 2. The summed E-state index contributed by atoms with van der Waals surface area (Å²) in [5.74, 6) is 0.204. The number of amides is 1. The van der Waals surface area contributed by atoms with Gasteiger partial charge in [0.2, 0.25) is 5.91 Å². The van der Waals surface area contributed by atoms with Gasteiger partial charge in [0.25, 0.3) is 0 Å². The van der Waals surface area contributed by atoms with Crippen LogP contribution in [0, 0.1) is 5.41 Å². The quantitative estimate of drug-likeness (QED) is 0.655. The van der Waals surface area contributed by atoms with Crippen molar-refractivity contribution >= 4 is 18.3 Å². The Balaban J connectivity index is 0.00000364. The lowest BCUT2D eigenvalue weighted by molar-refractivity contribution is -0.122. The van der Waals surface area contributed by atoms with Gasteiger partial charge in [-0.2, -0.15) is 8.78 Å². The van der Waals surface area contributed by atoms with E-state index in [1.54, 1.807) is 12.1 Å². The van der Waals surface area contributed by atoms with Crippen LogP contribution < -0.4 is 20.5 Å². The number of nitrogens with two attached hydrogens (primary N) is 1. The number of nitrogens with zero attached hydrogens (tertiary/aromatic N) is 1. The Hall–Kier alpha value is -1.64. The summed E-state index contributed by atoms with van der Waals surface area (Å²) in [5.41, 5.74) is 6.74. The predicted molar refractivity (Wildman–Crippen MR) is 102 cm³/mol. The molecule has 0 radical (unpaired) electrons. The minimum Gasteiger partial charge on any atom is -0.493 e. The van der Waals surface area contributed by atoms with E-state index >= 15 is 0 Å². The molecule has 2 rings (SSSR count). The van der Waals surface area contributed by atoms with Gasteiger partial charge in [0.15, 0.2) is 11.5 Å². The molecule has 1 unspecified atom stereocenters. The number of benzene rings is 1. The summed E-state index contributed by atoms with van der Waals surface area (Å²) in [6.07, 6.45) is 1.57. The third-order valence-corrected chi connectivity index (χ3v) is 4.68. The highest BCUT2D eigenvalue weighted by molar-refractivity contribution is 5.85. The average Bonchev–Trinajstić information content (AvgIpc) is 2.97. The van der Waals surface area contributed by atoms with E-state index in [1.807, 2.05) is 0 Å². The first-order chi connectivity index (χ1) is 12.3. The van der Waals surface area contributed by atoms with E-state index in [2.05, 4.69) is 21.9 Å². The summed E-state index contributed by atoms with van der Waals surface area (Å²) in [6.45, 7) is 2.39. The molecule has 0 bridgehead atoms. The van der Waals surface area contributed by atoms with Gasteiger partial charge < -0.3 is 20.5 Å². The van der Waals surface area contributed by atoms with Gasteiger partial charge in [-0.3, -0.25) is 9.69 Å². The minimum atomic E-state index is -2.90. The Morgan fingerprint density at radius 3 is 2.74 bits per heavy atom. The van der Waals surface area contributed by atoms with Crippen LogP contribution in [0.25, 0.3) is 0 Å². The monoisotopic (exact) mass is 407 g/mol. The first-order valence-electron chi connectivity index (χ1n) is 8.66. The zero-order valence-corrected chi connectivity index (χ0v) is 16.5. The van der Waals surface area contributed by atoms with E-state index in [4.69, 9.17) is 10.5 Å². The van der Waals surface area contributed by atoms with E-state index in [9.17, 15) is 13.6 Å². The molecule has 1 aliphatic heterocycles. The van der Waals surface area contributed by atoms with Crippen molar-refractivity contribution in [1.82, 2.24) is 10.2 Å². The molecular weight excluding hydrogens is 380 g/mol. The minimum absolute atomic E-state index is 0. The number of carbonyl (C=O) groups excluding carboxylic acids is 1. The molecule has 0 saturated carbocycles. The van der Waals surface area contributed by atoms with Crippen LogP contribution in [-0.2, 0) is 11.2 Å². The predicted octanol–water partition coefficient (Wildman–Crippen LogP) is 2.05. The van der Waals surface area contributed by atoms with Gasteiger partial charge in [0.1, 0.15) is 0 Å². The van der Waals surface area contributed by atoms with Gasteiger partial charge in [-0.05, 0) is 49.0 Å². The van der Waals surface area contributed by atoms with E-state index in [0.29, 0.717) is 26.1 Å². The molecule has 1 atom stereocenters. The zero-order valence-electron chi connectivity index (χ0n) is 15.7. The third-order valence-electron chi connectivity index (χ3n) is 4.68. The molecule has 1 amide bonds. The van der Waals surface area contributed by atoms with Crippen molar-refractivity contribution in [3.8, 4) is 11.5 Å². The van der Waals surface area contributed by atoms with E-state index in [0.717, 1.165) is 25.1 Å². The SMILES string of the molecule is COc1cc(CCNC(=O)CN2CCC(C)(CN)C2)ccc1OC(F)F.Cl. The van der Waals surface area contributed by atoms with Crippen molar-refractivity contribution in [3.05, 3.63) is 23.8 Å². The molecule has 1 saturated heterocycles. The fraction of sp³-hybridized carbons (Fsp3) is 0.611. The largest absolute Gasteiger partial charge is 0.493 e. The standard InChI is InChI=1S/C18H27F2N3O3.ClH/c1-18(11-21)6-8-23(12-18)10-16(24)22-7-5-13-3-4-14(26-17(19)20)15(9-13)25-2;/h3-4,9,17H,5-8,10-12,21H2,1-2H3,(H,22,24);1H. The molecule has 9 heteroatoms. The summed E-state index contributed by atoms with van der Waals surface area (Å²) in [4.78, 5) is 14.2. The molecule has 0 spiro atoms. The molecule has 1 aromatic carbocycles. The van der Waals surface area contributed by atoms with Crippen LogP contribution in [-0.4, -0.2) is 57.3 Å². The molecule has 1 aliphatic rings. The fourth-order valence-corrected chi connectivity index (χ4v) is 3.09. The van der Waals surface area contributed by atoms with Gasteiger partial charge in [0, 0.05) is 13.1 Å². The Morgan fingerprint density at radius 1 is 1.41 bits per heavy atom. The highest BCUT2D eigenvalue weighted by Crippen LogP contribution is 2.30. The highest BCUT2D eigenvalue weighted by Gasteiger charge is 2.32. The number of methoxy groups -OCH3 is 1. The van der Waals surface area contributed by atoms with Crippen LogP contribution in [0.5, 0.6) is 11.5 Å². The second-order valence-electron chi connectivity index (χ2n) is 6.94. The van der Waals surface area contributed by atoms with Gasteiger partial charge in [-0.25, -0.2) is 0 Å². The number of halogens is 3. The van der Waals surface area contributed by atoms with E-state index in [-0.39, 0.29) is 35.2 Å². The number of ether oxygens (including phenoxy) is 2. The lowest BCUT2D eigenvalue weighted by Crippen LogP contribution is -2.38. The Bertz CT molecular complexity index is 622. The Labute approximate surface area is 164 Å². The van der Waals surface area contributed by atoms with Crippen molar-refractivity contribution in [2.24, 2.45) is 11.1 Å². The van der Waals surface area contributed by atoms with Crippen LogP contribution >= 0.6 is 12.4 Å². The number of rotatable bonds is 9. The van der Waals surface area contributed by atoms with Gasteiger partial charge in [-0.1, -0.05) is 13.0 Å². The number of carbonyl (C=O) groups is 1. The van der Waals surface area contributed by atoms with Crippen molar-refractivity contribution in [2.75, 3.05) is 39.8 Å². The van der Waals surface area contributed by atoms with Crippen molar-refractivity contribution in [1.29, 1.82) is 0 Å². The lowest BCUT2D eigenvalue weighted by atomic mass is 9.90. The van der Waals surface area contributed by atoms with Crippen LogP contribution in [0.1, 0.15) is 18.9 Å². The topological polar surface area (TPSA) is 76.8 Å². The molecule has 1 heterocycles. The first kappa shape index (κ1) is 23.4. The maximum atomic E-state index is 12.3. The van der Waals surface area contributed by atoms with Crippen molar-refractivity contribution in [3.63, 3.8) is 0 Å². The van der Waals surface area contributed by atoms with Crippen LogP contribution in [0.2, 0.25) is 0 Å². The lowest BCUT2D eigenvalue weighted by Gasteiger charge is -2.22. The van der Waals surface area contributed by atoms with Crippen molar-refractivity contribution in [2.45, 2.75) is 26.4 Å². The zero-order chi connectivity index (χ0) is 19.2. The second kappa shape index (κ2) is 10.6. The number of alkyl halides is 2. The summed E-state index contributed by atoms with van der Waals surface area (Å²) < 4.78 is 34.1. The van der Waals surface area contributed by atoms with Crippen LogP contribution in [0.3, 0.4) is 0 Å². The highest BCUT2D eigenvalue weighted by atomic mass is 35.5. The van der Waals surface area contributed by atoms with Crippen LogP contribution in [0.4, 0.5) is 8.78 Å². The molecule has 154 valence electrons. The average molecular weight is 408 g/mol. The second-order valence-corrected chi connectivity index (χ2v) is 6.94. The number of nitrogens with one attached hydrogen (secondary N) is 1. The molecule has 3 N–H and O–H groups in total. The summed E-state index contributed by atoms with van der Waals surface area (Å²) >= 11 is 0. The van der Waals surface area contributed by atoms with Gasteiger partial charge in [0.05, 0.1) is 13.7 Å². The van der Waals surface area contributed by atoms with Gasteiger partial charge >= 0.3 is 6.61 Å². The normalized spacial score (nSPS) is 19.6. The molecule has 27 heavy (non-hydrogen) atoms. The molecule has 1 aromatic rings. The van der Waals surface area contributed by atoms with E-state index in [1.165, 1.54) is 13.2 Å². The Kier molecular flexibility index (Phi) is 9.21. The van der Waals surface area contributed by atoms with Crippen molar-refractivity contribution < 1.29 is 23.0 Å². The molecule has 1 fully saturated rings. The number of hydrogen-bond acceptors (Lipinski definition) is 5. The summed E-state index contributed by atoms with van der Waals surface area (Å²) in [7, 11) is 1.39. The number of likely N-dealkylation sites (tertiary alicyclic amines) is 1. The van der Waals surface area contributed by atoms with Gasteiger partial charge in [-0.15, -0.1) is 12.4 Å². The maximum Gasteiger partial charge on any atom is 0.387 e. The fourth-order valence-electron chi connectivity index (χ4n) is 3.09. The molecule has 0 aliphatic carbocycles. The summed E-state index contributed by atoms with van der Waals surface area (Å²) in [5, 5.41) is 2.88. The summed E-state index contributed by atoms with van der Waals surface area (Å²) in [6, 6.07) is 4.76. The van der Waals surface area contributed by atoms with Crippen LogP contribution in [0.15, 0.2) is 18.2 Å². The van der Waals surface area contributed by atoms with E-state index < -0.39 is 6.61 Å². The molecule has 0 aromatic heterocycles. The molecule has 6 nitrogen and oxygen atoms in total.